The van der Waals surface area contributed by atoms with Crippen LogP contribution in [0.2, 0.25) is 0 Å². The maximum atomic E-state index is 4.14. The molecule has 2 heterocycles. The lowest BCUT2D eigenvalue weighted by Gasteiger charge is -2.32. The molecule has 4 heteroatoms. The van der Waals surface area contributed by atoms with Gasteiger partial charge in [0.25, 0.3) is 0 Å². The number of H-pyrrole nitrogens is 2. The fourth-order valence-corrected chi connectivity index (χ4v) is 6.08. The second-order valence-electron chi connectivity index (χ2n) is 10.7. The van der Waals surface area contributed by atoms with Gasteiger partial charge in [-0.3, -0.25) is 0 Å². The lowest BCUT2D eigenvalue weighted by atomic mass is 10.0. The first-order valence-corrected chi connectivity index (χ1v) is 15.0. The molecule has 0 aliphatic rings. The first-order chi connectivity index (χ1) is 21.1. The highest BCUT2D eigenvalue weighted by atomic mass is 15.2. The van der Waals surface area contributed by atoms with Crippen molar-refractivity contribution in [3.63, 3.8) is 0 Å². The average Bonchev–Trinajstić information content (AvgIpc) is 3.59. The summed E-state index contributed by atoms with van der Waals surface area (Å²) in [5.41, 5.74) is 10.9. The van der Waals surface area contributed by atoms with Crippen LogP contribution in [0, 0.1) is 0 Å². The minimum atomic E-state index is 0.900. The van der Waals surface area contributed by atoms with Gasteiger partial charge < -0.3 is 19.8 Å². The average molecular weight is 563 g/mol. The minimum Gasteiger partial charge on any atom is -0.354 e. The zero-order valence-corrected chi connectivity index (χ0v) is 25.4. The maximum Gasteiger partial charge on any atom is 0.0943 e. The van der Waals surface area contributed by atoms with E-state index in [0.717, 1.165) is 68.1 Å². The predicted molar refractivity (Wildman–Crippen MR) is 189 cm³/mol. The third-order valence-corrected chi connectivity index (χ3v) is 8.02. The van der Waals surface area contributed by atoms with Crippen molar-refractivity contribution in [1.82, 2.24) is 9.97 Å². The lowest BCUT2D eigenvalue weighted by Crippen LogP contribution is -2.20. The van der Waals surface area contributed by atoms with E-state index in [-0.39, 0.29) is 0 Å². The third kappa shape index (κ3) is 4.95. The Morgan fingerprint density at radius 1 is 0.791 bits per heavy atom. The molecule has 0 atom stereocenters. The SMILES string of the molecule is C=Cc1[nH]c2c(N(C(/C=C\C)=C/CC)c3ccc4c(c3)[nH]c3ccccc34)c(N(C)c3ccccc3)ccc2c1/C=C\C. The monoisotopic (exact) mass is 562 g/mol. The number of para-hydroxylation sites is 2. The highest BCUT2D eigenvalue weighted by Gasteiger charge is 2.25. The fourth-order valence-electron chi connectivity index (χ4n) is 6.08. The summed E-state index contributed by atoms with van der Waals surface area (Å²) in [7, 11) is 2.14. The lowest BCUT2D eigenvalue weighted by molar-refractivity contribution is 1.12. The molecular formula is C39H38N4. The van der Waals surface area contributed by atoms with Crippen LogP contribution in [0.15, 0.2) is 122 Å². The molecule has 0 amide bonds. The van der Waals surface area contributed by atoms with E-state index in [1.54, 1.807) is 0 Å². The van der Waals surface area contributed by atoms with E-state index >= 15 is 0 Å². The van der Waals surface area contributed by atoms with E-state index < -0.39 is 0 Å². The van der Waals surface area contributed by atoms with E-state index in [2.05, 4.69) is 169 Å². The van der Waals surface area contributed by atoms with Crippen LogP contribution in [0.1, 0.15) is 38.4 Å². The topological polar surface area (TPSA) is 38.1 Å². The van der Waals surface area contributed by atoms with Gasteiger partial charge in [0.05, 0.1) is 16.9 Å². The van der Waals surface area contributed by atoms with Gasteiger partial charge in [-0.05, 0) is 74.9 Å². The van der Waals surface area contributed by atoms with Crippen LogP contribution < -0.4 is 9.80 Å². The summed E-state index contributed by atoms with van der Waals surface area (Å²) in [5, 5.41) is 3.60. The molecule has 0 fully saturated rings. The van der Waals surface area contributed by atoms with Crippen molar-refractivity contribution in [2.75, 3.05) is 16.8 Å². The molecule has 4 nitrogen and oxygen atoms in total. The molecule has 6 aromatic rings. The summed E-state index contributed by atoms with van der Waals surface area (Å²) in [6, 6.07) is 30.3. The minimum absolute atomic E-state index is 0.900. The molecule has 2 N–H and O–H groups in total. The summed E-state index contributed by atoms with van der Waals surface area (Å²) >= 11 is 0. The van der Waals surface area contributed by atoms with E-state index in [4.69, 9.17) is 0 Å². The van der Waals surface area contributed by atoms with Gasteiger partial charge in [0.1, 0.15) is 0 Å². The highest BCUT2D eigenvalue weighted by Crippen LogP contribution is 2.46. The molecule has 0 bridgehead atoms. The van der Waals surface area contributed by atoms with E-state index in [1.807, 2.05) is 6.08 Å². The predicted octanol–water partition coefficient (Wildman–Crippen LogP) is 11.3. The van der Waals surface area contributed by atoms with Gasteiger partial charge in [-0.2, -0.15) is 0 Å². The van der Waals surface area contributed by atoms with Crippen LogP contribution in [-0.4, -0.2) is 17.0 Å². The number of allylic oxidation sites excluding steroid dienone is 4. The van der Waals surface area contributed by atoms with Crippen molar-refractivity contribution < 1.29 is 0 Å². The summed E-state index contributed by atoms with van der Waals surface area (Å²) < 4.78 is 0. The first-order valence-electron chi connectivity index (χ1n) is 15.0. The molecule has 0 aliphatic heterocycles. The molecule has 0 saturated heterocycles. The second kappa shape index (κ2) is 11.9. The quantitative estimate of drug-likeness (QED) is 0.172. The largest absolute Gasteiger partial charge is 0.354 e. The zero-order valence-electron chi connectivity index (χ0n) is 25.4. The number of aromatic nitrogens is 2. The number of benzene rings is 4. The van der Waals surface area contributed by atoms with Crippen LogP contribution >= 0.6 is 0 Å². The molecule has 2 aromatic heterocycles. The molecule has 6 rings (SSSR count). The van der Waals surface area contributed by atoms with Crippen molar-refractivity contribution in [1.29, 1.82) is 0 Å². The number of rotatable bonds is 9. The number of nitrogens with zero attached hydrogens (tertiary/aromatic N) is 2. The summed E-state index contributed by atoms with van der Waals surface area (Å²) in [6.45, 7) is 10.5. The Morgan fingerprint density at radius 2 is 1.53 bits per heavy atom. The molecular weight excluding hydrogens is 524 g/mol. The van der Waals surface area contributed by atoms with Gasteiger partial charge in [0, 0.05) is 62.6 Å². The van der Waals surface area contributed by atoms with E-state index in [0.29, 0.717) is 0 Å². The van der Waals surface area contributed by atoms with Gasteiger partial charge in [-0.15, -0.1) is 0 Å². The van der Waals surface area contributed by atoms with Gasteiger partial charge >= 0.3 is 0 Å². The Morgan fingerprint density at radius 3 is 2.28 bits per heavy atom. The van der Waals surface area contributed by atoms with Gasteiger partial charge in [0.15, 0.2) is 0 Å². The third-order valence-electron chi connectivity index (χ3n) is 8.02. The Hall–Kier alpha value is -5.22. The number of nitrogens with one attached hydrogen (secondary N) is 2. The Kier molecular flexibility index (Phi) is 7.76. The molecule has 0 radical (unpaired) electrons. The summed E-state index contributed by atoms with van der Waals surface area (Å²) in [6.07, 6.45) is 13.7. The van der Waals surface area contributed by atoms with Crippen LogP contribution in [0.5, 0.6) is 0 Å². The molecule has 214 valence electrons. The van der Waals surface area contributed by atoms with Crippen LogP contribution in [0.3, 0.4) is 0 Å². The number of hydrogen-bond donors (Lipinski definition) is 2. The van der Waals surface area contributed by atoms with Crippen molar-refractivity contribution in [2.24, 2.45) is 0 Å². The fraction of sp³-hybridized carbons (Fsp3) is 0.128. The number of aromatic amines is 2. The molecule has 43 heavy (non-hydrogen) atoms. The normalized spacial score (nSPS) is 12.3. The number of anilines is 4. The Balaban J connectivity index is 1.71. The number of hydrogen-bond acceptors (Lipinski definition) is 2. The molecule has 0 saturated carbocycles. The molecule has 0 aliphatic carbocycles. The molecule has 0 spiro atoms. The molecule has 0 unspecified atom stereocenters. The van der Waals surface area contributed by atoms with E-state index in [9.17, 15) is 0 Å². The molecule has 4 aromatic carbocycles. The zero-order chi connectivity index (χ0) is 29.9. The van der Waals surface area contributed by atoms with Crippen LogP contribution in [-0.2, 0) is 0 Å². The summed E-state index contributed by atoms with van der Waals surface area (Å²) in [5.74, 6) is 0. The maximum absolute atomic E-state index is 4.14. The smallest absolute Gasteiger partial charge is 0.0943 e. The van der Waals surface area contributed by atoms with Crippen molar-refractivity contribution in [3.05, 3.63) is 133 Å². The van der Waals surface area contributed by atoms with Crippen LogP contribution in [0.4, 0.5) is 22.7 Å². The van der Waals surface area contributed by atoms with Crippen molar-refractivity contribution in [2.45, 2.75) is 27.2 Å². The number of fused-ring (bicyclic) bond motifs is 4. The second-order valence-corrected chi connectivity index (χ2v) is 10.7. The van der Waals surface area contributed by atoms with Crippen molar-refractivity contribution in [3.8, 4) is 0 Å². The standard InChI is InChI=1S/C39H38N4/c1-6-15-28(16-7-2)43(29-22-23-32-31-20-13-14-21-35(31)40-36(32)26-29)39-37(42(5)27-18-11-10-12-19-27)25-24-33-30(17-8-3)34(9-4)41-38(33)39/h6,8-26,40-41H,4,7H2,1-3,5H3/b15-6-,17-8-,28-16+. The summed E-state index contributed by atoms with van der Waals surface area (Å²) in [4.78, 5) is 12.1. The first kappa shape index (κ1) is 27.9. The Labute approximate surface area is 254 Å². The Bertz CT molecular complexity index is 2020. The van der Waals surface area contributed by atoms with Gasteiger partial charge in [-0.1, -0.05) is 80.3 Å². The highest BCUT2D eigenvalue weighted by molar-refractivity contribution is 6.10. The van der Waals surface area contributed by atoms with Crippen molar-refractivity contribution >= 4 is 67.6 Å². The van der Waals surface area contributed by atoms with Crippen LogP contribution in [0.25, 0.3) is 44.9 Å². The van der Waals surface area contributed by atoms with E-state index in [1.165, 1.54) is 10.8 Å². The van der Waals surface area contributed by atoms with Gasteiger partial charge in [-0.25, -0.2) is 0 Å². The van der Waals surface area contributed by atoms with Gasteiger partial charge in [0.2, 0.25) is 0 Å².